The van der Waals surface area contributed by atoms with Gasteiger partial charge in [-0.05, 0) is 102 Å². The average Bonchev–Trinajstić information content (AvgIpc) is 3.72. The van der Waals surface area contributed by atoms with E-state index in [-0.39, 0.29) is 0 Å². The second-order valence-corrected chi connectivity index (χ2v) is 15.4. The zero-order valence-corrected chi connectivity index (χ0v) is 28.6. The fraction of sp³-hybridized carbons (Fsp3) is 0. The SMILES string of the molecule is c1ccc2cc(-c3c4ccccc4c(-c4ccc(-c5ccc6sc7cc8c(cc7c6c5)sc5ccccc58)cc4)c4ccccc34)ccc2c1. The molecule has 0 spiro atoms. The maximum Gasteiger partial charge on any atom is 0.0362 e. The molecule has 232 valence electrons. The van der Waals surface area contributed by atoms with Crippen LogP contribution in [0.3, 0.4) is 0 Å². The first-order valence-electron chi connectivity index (χ1n) is 17.1. The first kappa shape index (κ1) is 28.1. The molecule has 2 heteroatoms. The van der Waals surface area contributed by atoms with Gasteiger partial charge in [-0.1, -0.05) is 133 Å². The lowest BCUT2D eigenvalue weighted by molar-refractivity contribution is 1.63. The second kappa shape index (κ2) is 10.9. The molecule has 0 aliphatic rings. The van der Waals surface area contributed by atoms with Crippen molar-refractivity contribution in [2.24, 2.45) is 0 Å². The summed E-state index contributed by atoms with van der Waals surface area (Å²) in [5.74, 6) is 0. The molecule has 0 N–H and O–H groups in total. The van der Waals surface area contributed by atoms with Gasteiger partial charge in [0.25, 0.3) is 0 Å². The molecule has 0 nitrogen and oxygen atoms in total. The van der Waals surface area contributed by atoms with E-state index in [4.69, 9.17) is 0 Å². The third kappa shape index (κ3) is 4.23. The minimum Gasteiger partial charge on any atom is -0.135 e. The van der Waals surface area contributed by atoms with Crippen LogP contribution in [0.15, 0.2) is 170 Å². The molecule has 0 fully saturated rings. The van der Waals surface area contributed by atoms with Crippen molar-refractivity contribution in [1.82, 2.24) is 0 Å². The standard InChI is InChI=1S/C48H28S2/c1-2-10-32-25-34(22-19-29(32)9-1)48-38-14-5-3-12-36(38)47(37-13-4-6-15-39(37)48)31-20-17-30(18-21-31)33-23-24-44-40(26-33)42-28-45-41(27-46(42)50-44)35-11-7-8-16-43(35)49-45/h1-28H. The third-order valence-corrected chi connectivity index (χ3v) is 12.7. The van der Waals surface area contributed by atoms with Gasteiger partial charge < -0.3 is 0 Å². The van der Waals surface area contributed by atoms with E-state index in [1.54, 1.807) is 0 Å². The van der Waals surface area contributed by atoms with Gasteiger partial charge in [0, 0.05) is 40.3 Å². The van der Waals surface area contributed by atoms with Crippen molar-refractivity contribution < 1.29 is 0 Å². The van der Waals surface area contributed by atoms with E-state index in [0.717, 1.165) is 0 Å². The quantitative estimate of drug-likeness (QED) is 0.164. The van der Waals surface area contributed by atoms with Crippen LogP contribution in [-0.4, -0.2) is 0 Å². The molecule has 0 atom stereocenters. The highest BCUT2D eigenvalue weighted by Gasteiger charge is 2.17. The van der Waals surface area contributed by atoms with Crippen LogP contribution < -0.4 is 0 Å². The van der Waals surface area contributed by atoms with Crippen LogP contribution in [0.25, 0.3) is 106 Å². The summed E-state index contributed by atoms with van der Waals surface area (Å²) in [6, 6.07) is 63.2. The van der Waals surface area contributed by atoms with E-state index >= 15 is 0 Å². The minimum atomic E-state index is 1.24. The molecule has 0 saturated heterocycles. The lowest BCUT2D eigenvalue weighted by atomic mass is 9.85. The van der Waals surface area contributed by atoms with Crippen molar-refractivity contribution >= 4 is 95.3 Å². The Hall–Kier alpha value is -5.80. The molecular formula is C48H28S2. The van der Waals surface area contributed by atoms with Gasteiger partial charge in [0.1, 0.15) is 0 Å². The van der Waals surface area contributed by atoms with Crippen LogP contribution in [-0.2, 0) is 0 Å². The molecule has 0 unspecified atom stereocenters. The maximum absolute atomic E-state index is 2.42. The molecule has 0 amide bonds. The Kier molecular flexibility index (Phi) is 6.09. The predicted octanol–water partition coefficient (Wildman–Crippen LogP) is 14.9. The lowest BCUT2D eigenvalue weighted by Gasteiger charge is -2.18. The summed E-state index contributed by atoms with van der Waals surface area (Å²) in [7, 11) is 0. The Balaban J connectivity index is 1.05. The Morgan fingerprint density at radius 2 is 0.700 bits per heavy atom. The van der Waals surface area contributed by atoms with Gasteiger partial charge in [-0.15, -0.1) is 22.7 Å². The summed E-state index contributed by atoms with van der Waals surface area (Å²) in [4.78, 5) is 0. The highest BCUT2D eigenvalue weighted by Crippen LogP contribution is 2.45. The summed E-state index contributed by atoms with van der Waals surface area (Å²) in [6.45, 7) is 0. The predicted molar refractivity (Wildman–Crippen MR) is 221 cm³/mol. The maximum atomic E-state index is 2.42. The highest BCUT2D eigenvalue weighted by atomic mass is 32.1. The summed E-state index contributed by atoms with van der Waals surface area (Å²) < 4.78 is 5.41. The van der Waals surface area contributed by atoms with Crippen LogP contribution in [0.5, 0.6) is 0 Å². The molecule has 0 saturated carbocycles. The van der Waals surface area contributed by atoms with Crippen molar-refractivity contribution in [3.05, 3.63) is 170 Å². The molecule has 11 aromatic rings. The lowest BCUT2D eigenvalue weighted by Crippen LogP contribution is -1.91. The van der Waals surface area contributed by atoms with Crippen molar-refractivity contribution in [2.45, 2.75) is 0 Å². The van der Waals surface area contributed by atoms with Gasteiger partial charge in [0.2, 0.25) is 0 Å². The zero-order chi connectivity index (χ0) is 32.8. The summed E-state index contributed by atoms with van der Waals surface area (Å²) in [6.07, 6.45) is 0. The van der Waals surface area contributed by atoms with E-state index in [9.17, 15) is 0 Å². The number of hydrogen-bond acceptors (Lipinski definition) is 2. The summed E-state index contributed by atoms with van der Waals surface area (Å²) in [5.41, 5.74) is 7.56. The number of thiophene rings is 2. The van der Waals surface area contributed by atoms with E-state index in [2.05, 4.69) is 170 Å². The van der Waals surface area contributed by atoms with Crippen LogP contribution in [0.2, 0.25) is 0 Å². The molecule has 0 bridgehead atoms. The Labute approximate surface area is 297 Å². The van der Waals surface area contributed by atoms with E-state index < -0.39 is 0 Å². The van der Waals surface area contributed by atoms with E-state index in [1.807, 2.05) is 22.7 Å². The van der Waals surface area contributed by atoms with E-state index in [0.29, 0.717) is 0 Å². The molecule has 2 aromatic heterocycles. The van der Waals surface area contributed by atoms with Crippen molar-refractivity contribution in [3.8, 4) is 33.4 Å². The normalized spacial score (nSPS) is 12.0. The van der Waals surface area contributed by atoms with Crippen molar-refractivity contribution in [1.29, 1.82) is 0 Å². The summed E-state index contributed by atoms with van der Waals surface area (Å²) in [5, 5.41) is 13.1. The largest absolute Gasteiger partial charge is 0.135 e. The highest BCUT2D eigenvalue weighted by molar-refractivity contribution is 7.27. The van der Waals surface area contributed by atoms with Gasteiger partial charge in [-0.25, -0.2) is 0 Å². The smallest absolute Gasteiger partial charge is 0.0362 e. The third-order valence-electron chi connectivity index (χ3n) is 10.4. The number of benzene rings is 9. The van der Waals surface area contributed by atoms with Crippen LogP contribution in [0.1, 0.15) is 0 Å². The summed E-state index contributed by atoms with van der Waals surface area (Å²) >= 11 is 3.79. The second-order valence-electron chi connectivity index (χ2n) is 13.2. The Bertz CT molecular complexity index is 3080. The van der Waals surface area contributed by atoms with Crippen LogP contribution in [0, 0.1) is 0 Å². The molecule has 2 heterocycles. The molecule has 11 rings (SSSR count). The first-order chi connectivity index (χ1) is 24.8. The first-order valence-corrected chi connectivity index (χ1v) is 18.7. The van der Waals surface area contributed by atoms with Crippen LogP contribution >= 0.6 is 22.7 Å². The Morgan fingerprint density at radius 1 is 0.240 bits per heavy atom. The minimum absolute atomic E-state index is 1.24. The number of rotatable bonds is 3. The molecule has 9 aromatic carbocycles. The molecule has 0 aliphatic carbocycles. The van der Waals surface area contributed by atoms with Gasteiger partial charge in [-0.2, -0.15) is 0 Å². The van der Waals surface area contributed by atoms with Gasteiger partial charge >= 0.3 is 0 Å². The molecule has 0 aliphatic heterocycles. The van der Waals surface area contributed by atoms with Crippen molar-refractivity contribution in [2.75, 3.05) is 0 Å². The molecule has 50 heavy (non-hydrogen) atoms. The zero-order valence-electron chi connectivity index (χ0n) is 27.0. The number of fused-ring (bicyclic) bond motifs is 9. The van der Waals surface area contributed by atoms with Crippen LogP contribution in [0.4, 0.5) is 0 Å². The number of hydrogen-bond donors (Lipinski definition) is 0. The Morgan fingerprint density at radius 3 is 1.38 bits per heavy atom. The van der Waals surface area contributed by atoms with E-state index in [1.165, 1.54) is 106 Å². The molecule has 0 radical (unpaired) electrons. The van der Waals surface area contributed by atoms with Crippen molar-refractivity contribution in [3.63, 3.8) is 0 Å². The van der Waals surface area contributed by atoms with Gasteiger partial charge in [0.05, 0.1) is 0 Å². The fourth-order valence-electron chi connectivity index (χ4n) is 8.10. The topological polar surface area (TPSA) is 0 Å². The van der Waals surface area contributed by atoms with Gasteiger partial charge in [-0.3, -0.25) is 0 Å². The monoisotopic (exact) mass is 668 g/mol. The fourth-order valence-corrected chi connectivity index (χ4v) is 10.3. The average molecular weight is 669 g/mol. The van der Waals surface area contributed by atoms with Gasteiger partial charge in [0.15, 0.2) is 0 Å². The molecular weight excluding hydrogens is 641 g/mol.